The summed E-state index contributed by atoms with van der Waals surface area (Å²) < 4.78 is 20.9. The third-order valence-corrected chi connectivity index (χ3v) is 4.37. The number of rotatable bonds is 8. The van der Waals surface area contributed by atoms with Gasteiger partial charge in [-0.3, -0.25) is 9.59 Å². The highest BCUT2D eigenvalue weighted by molar-refractivity contribution is 5.98. The SMILES string of the molecule is CCOC(=O)C1=C(COC(=O)CCC(=O)c2ccc3c(c2)OCCO3)NC(=O)NC1. The molecule has 3 rings (SSSR count). The summed E-state index contributed by atoms with van der Waals surface area (Å²) in [4.78, 5) is 47.9. The van der Waals surface area contributed by atoms with Crippen molar-refractivity contribution in [3.8, 4) is 11.5 Å². The van der Waals surface area contributed by atoms with Crippen LogP contribution in [0.4, 0.5) is 4.79 Å². The van der Waals surface area contributed by atoms with Crippen molar-refractivity contribution in [1.29, 1.82) is 0 Å². The summed E-state index contributed by atoms with van der Waals surface area (Å²) in [6.07, 6.45) is -0.211. The number of ketones is 1. The molecule has 30 heavy (non-hydrogen) atoms. The van der Waals surface area contributed by atoms with Gasteiger partial charge in [-0.05, 0) is 25.1 Å². The zero-order valence-electron chi connectivity index (χ0n) is 16.4. The molecule has 2 N–H and O–H groups in total. The number of esters is 2. The number of hydrogen-bond donors (Lipinski definition) is 2. The summed E-state index contributed by atoms with van der Waals surface area (Å²) in [5, 5.41) is 4.90. The van der Waals surface area contributed by atoms with Crippen LogP contribution < -0.4 is 20.1 Å². The largest absolute Gasteiger partial charge is 0.486 e. The zero-order chi connectivity index (χ0) is 21.5. The highest BCUT2D eigenvalue weighted by Gasteiger charge is 2.24. The normalized spacial score (nSPS) is 15.0. The van der Waals surface area contributed by atoms with Crippen LogP contribution in [-0.4, -0.2) is 56.7 Å². The lowest BCUT2D eigenvalue weighted by atomic mass is 10.1. The average Bonchev–Trinajstić information content (AvgIpc) is 2.75. The van der Waals surface area contributed by atoms with Gasteiger partial charge in [0.15, 0.2) is 17.3 Å². The molecule has 0 bridgehead atoms. The Labute approximate surface area is 172 Å². The molecule has 0 saturated carbocycles. The van der Waals surface area contributed by atoms with Crippen molar-refractivity contribution in [2.24, 2.45) is 0 Å². The number of ether oxygens (including phenoxy) is 4. The molecule has 10 heteroatoms. The third-order valence-electron chi connectivity index (χ3n) is 4.37. The molecule has 1 aromatic carbocycles. The van der Waals surface area contributed by atoms with Crippen molar-refractivity contribution in [2.45, 2.75) is 19.8 Å². The lowest BCUT2D eigenvalue weighted by Gasteiger charge is -2.21. The van der Waals surface area contributed by atoms with Crippen molar-refractivity contribution in [3.05, 3.63) is 35.0 Å². The first-order valence-electron chi connectivity index (χ1n) is 9.50. The van der Waals surface area contributed by atoms with Crippen LogP contribution in [-0.2, 0) is 19.1 Å². The average molecular weight is 418 g/mol. The van der Waals surface area contributed by atoms with Gasteiger partial charge in [0.1, 0.15) is 19.8 Å². The summed E-state index contributed by atoms with van der Waals surface area (Å²) in [5.41, 5.74) is 0.741. The second-order valence-corrected chi connectivity index (χ2v) is 6.43. The van der Waals surface area contributed by atoms with E-state index < -0.39 is 18.0 Å². The fourth-order valence-corrected chi connectivity index (χ4v) is 2.87. The maximum Gasteiger partial charge on any atom is 0.337 e. The molecule has 2 aliphatic rings. The van der Waals surface area contributed by atoms with Gasteiger partial charge in [0.05, 0.1) is 30.8 Å². The number of nitrogens with one attached hydrogen (secondary N) is 2. The van der Waals surface area contributed by atoms with Gasteiger partial charge >= 0.3 is 18.0 Å². The molecule has 0 aromatic heterocycles. The number of carbonyl (C=O) groups excluding carboxylic acids is 4. The Hall–Kier alpha value is -3.56. The Morgan fingerprint density at radius 3 is 2.60 bits per heavy atom. The molecular formula is C20H22N2O8. The summed E-state index contributed by atoms with van der Waals surface area (Å²) in [6, 6.07) is 4.34. The number of benzene rings is 1. The Kier molecular flexibility index (Phi) is 6.89. The second-order valence-electron chi connectivity index (χ2n) is 6.43. The van der Waals surface area contributed by atoms with E-state index in [1.165, 1.54) is 0 Å². The summed E-state index contributed by atoms with van der Waals surface area (Å²) in [5.74, 6) is -0.415. The van der Waals surface area contributed by atoms with Gasteiger partial charge in [0.25, 0.3) is 0 Å². The molecule has 0 atom stereocenters. The number of carbonyl (C=O) groups is 4. The molecule has 160 valence electrons. The van der Waals surface area contributed by atoms with Crippen molar-refractivity contribution in [1.82, 2.24) is 10.6 Å². The van der Waals surface area contributed by atoms with Gasteiger partial charge in [-0.25, -0.2) is 9.59 Å². The van der Waals surface area contributed by atoms with Crippen LogP contribution in [0.1, 0.15) is 30.1 Å². The Morgan fingerprint density at radius 2 is 1.83 bits per heavy atom. The van der Waals surface area contributed by atoms with Gasteiger partial charge in [0.2, 0.25) is 0 Å². The summed E-state index contributed by atoms with van der Waals surface area (Å²) in [6.45, 7) is 2.36. The van der Waals surface area contributed by atoms with E-state index in [0.29, 0.717) is 30.3 Å². The lowest BCUT2D eigenvalue weighted by Crippen LogP contribution is -2.45. The number of hydrogen-bond acceptors (Lipinski definition) is 8. The summed E-state index contributed by atoms with van der Waals surface area (Å²) >= 11 is 0. The summed E-state index contributed by atoms with van der Waals surface area (Å²) in [7, 11) is 0. The van der Waals surface area contributed by atoms with E-state index in [-0.39, 0.29) is 49.7 Å². The predicted molar refractivity (Wildman–Crippen MR) is 102 cm³/mol. The number of Topliss-reactive ketones (excluding diaryl/α,β-unsaturated/α-hetero) is 1. The van der Waals surface area contributed by atoms with Gasteiger partial charge in [-0.1, -0.05) is 0 Å². The highest BCUT2D eigenvalue weighted by atomic mass is 16.6. The molecule has 0 spiro atoms. The Balaban J connectivity index is 1.53. The van der Waals surface area contributed by atoms with E-state index in [1.807, 2.05) is 0 Å². The monoisotopic (exact) mass is 418 g/mol. The molecular weight excluding hydrogens is 396 g/mol. The minimum atomic E-state index is -0.635. The number of urea groups is 1. The van der Waals surface area contributed by atoms with E-state index in [0.717, 1.165) is 0 Å². The van der Waals surface area contributed by atoms with Crippen LogP contribution in [0.3, 0.4) is 0 Å². The minimum absolute atomic E-state index is 0.0276. The maximum absolute atomic E-state index is 12.4. The van der Waals surface area contributed by atoms with E-state index in [9.17, 15) is 19.2 Å². The molecule has 0 saturated heterocycles. The lowest BCUT2D eigenvalue weighted by molar-refractivity contribution is -0.143. The molecule has 1 aromatic rings. The van der Waals surface area contributed by atoms with Crippen LogP contribution in [0.2, 0.25) is 0 Å². The molecule has 0 radical (unpaired) electrons. The fourth-order valence-electron chi connectivity index (χ4n) is 2.87. The predicted octanol–water partition coefficient (Wildman–Crippen LogP) is 1.09. The topological polar surface area (TPSA) is 129 Å². The zero-order valence-corrected chi connectivity index (χ0v) is 16.4. The highest BCUT2D eigenvalue weighted by Crippen LogP contribution is 2.31. The first kappa shape index (κ1) is 21.2. The van der Waals surface area contributed by atoms with Gasteiger partial charge in [-0.15, -0.1) is 0 Å². The Bertz CT molecular complexity index is 893. The van der Waals surface area contributed by atoms with Crippen molar-refractivity contribution in [2.75, 3.05) is 33.0 Å². The van der Waals surface area contributed by atoms with Gasteiger partial charge in [-0.2, -0.15) is 0 Å². The van der Waals surface area contributed by atoms with E-state index >= 15 is 0 Å². The maximum atomic E-state index is 12.4. The molecule has 10 nitrogen and oxygen atoms in total. The first-order valence-corrected chi connectivity index (χ1v) is 9.50. The quantitative estimate of drug-likeness (QED) is 0.474. The smallest absolute Gasteiger partial charge is 0.337 e. The molecule has 2 heterocycles. The van der Waals surface area contributed by atoms with Crippen LogP contribution >= 0.6 is 0 Å². The molecule has 0 fully saturated rings. The van der Waals surface area contributed by atoms with Crippen LogP contribution in [0.15, 0.2) is 29.5 Å². The first-order chi connectivity index (χ1) is 14.5. The third kappa shape index (κ3) is 5.28. The van der Waals surface area contributed by atoms with Crippen LogP contribution in [0.25, 0.3) is 0 Å². The van der Waals surface area contributed by atoms with Crippen molar-refractivity contribution < 1.29 is 38.1 Å². The van der Waals surface area contributed by atoms with E-state index in [1.54, 1.807) is 25.1 Å². The second kappa shape index (κ2) is 9.77. The molecule has 2 aliphatic heterocycles. The van der Waals surface area contributed by atoms with Gasteiger partial charge in [0, 0.05) is 12.0 Å². The molecule has 0 aliphatic carbocycles. The molecule has 2 amide bonds. The van der Waals surface area contributed by atoms with Crippen LogP contribution in [0.5, 0.6) is 11.5 Å². The van der Waals surface area contributed by atoms with Crippen molar-refractivity contribution >= 4 is 23.8 Å². The number of fused-ring (bicyclic) bond motifs is 1. The fraction of sp³-hybridized carbons (Fsp3) is 0.400. The van der Waals surface area contributed by atoms with Crippen molar-refractivity contribution in [3.63, 3.8) is 0 Å². The molecule has 0 unspecified atom stereocenters. The van der Waals surface area contributed by atoms with E-state index in [4.69, 9.17) is 18.9 Å². The van der Waals surface area contributed by atoms with Crippen LogP contribution in [0, 0.1) is 0 Å². The van der Waals surface area contributed by atoms with E-state index in [2.05, 4.69) is 10.6 Å². The Morgan fingerprint density at radius 1 is 1.07 bits per heavy atom. The minimum Gasteiger partial charge on any atom is -0.486 e. The van der Waals surface area contributed by atoms with Gasteiger partial charge < -0.3 is 29.6 Å². The number of amides is 2. The standard InChI is InChI=1S/C20H22N2O8/c1-2-27-19(25)13-10-21-20(26)22-14(13)11-30-18(24)6-4-15(23)12-3-5-16-17(9-12)29-8-7-28-16/h3,5,9H,2,4,6-8,10-11H2,1H3,(H2,21,22,26).